The molecule has 1 aliphatic carbocycles. The highest BCUT2D eigenvalue weighted by molar-refractivity contribution is 5.46. The van der Waals surface area contributed by atoms with E-state index in [0.29, 0.717) is 12.0 Å². The van der Waals surface area contributed by atoms with Crippen LogP contribution in [0, 0.1) is 5.92 Å². The van der Waals surface area contributed by atoms with E-state index >= 15 is 0 Å². The van der Waals surface area contributed by atoms with Gasteiger partial charge in [-0.25, -0.2) is 0 Å². The predicted molar refractivity (Wildman–Crippen MR) is 45.2 cm³/mol. The number of rotatable bonds is 2. The first-order chi connectivity index (χ1) is 5.34. The van der Waals surface area contributed by atoms with Gasteiger partial charge in [-0.15, -0.1) is 0 Å². The van der Waals surface area contributed by atoms with Gasteiger partial charge in [-0.1, -0.05) is 26.2 Å². The topological polar surface area (TPSA) is 29.1 Å². The van der Waals surface area contributed by atoms with Crippen LogP contribution in [-0.4, -0.2) is 12.5 Å². The van der Waals surface area contributed by atoms with Crippen LogP contribution in [0.2, 0.25) is 0 Å². The molecule has 1 amide bonds. The third-order valence-electron chi connectivity index (χ3n) is 2.64. The summed E-state index contributed by atoms with van der Waals surface area (Å²) < 4.78 is 0. The number of hydrogen-bond donors (Lipinski definition) is 1. The minimum atomic E-state index is 0.440. The van der Waals surface area contributed by atoms with Gasteiger partial charge in [-0.3, -0.25) is 4.79 Å². The Balaban J connectivity index is 2.38. The van der Waals surface area contributed by atoms with E-state index in [2.05, 4.69) is 12.2 Å². The Morgan fingerprint density at radius 3 is 2.73 bits per heavy atom. The third-order valence-corrected chi connectivity index (χ3v) is 2.64. The lowest BCUT2D eigenvalue weighted by Crippen LogP contribution is -2.32. The minimum Gasteiger partial charge on any atom is -0.356 e. The molecule has 0 bridgehead atoms. The van der Waals surface area contributed by atoms with Crippen LogP contribution < -0.4 is 5.32 Å². The highest BCUT2D eigenvalue weighted by Gasteiger charge is 2.18. The van der Waals surface area contributed by atoms with Gasteiger partial charge < -0.3 is 5.32 Å². The van der Waals surface area contributed by atoms with E-state index in [-0.39, 0.29) is 0 Å². The Morgan fingerprint density at radius 1 is 1.27 bits per heavy atom. The Bertz CT molecular complexity index is 125. The molecule has 1 N–H and O–H groups in total. The quantitative estimate of drug-likeness (QED) is 0.477. The van der Waals surface area contributed by atoms with E-state index in [4.69, 9.17) is 0 Å². The van der Waals surface area contributed by atoms with Crippen molar-refractivity contribution >= 4 is 6.41 Å². The molecule has 0 spiro atoms. The van der Waals surface area contributed by atoms with E-state index < -0.39 is 0 Å². The molecule has 64 valence electrons. The van der Waals surface area contributed by atoms with Gasteiger partial charge in [-0.05, 0) is 18.8 Å². The molecule has 0 heterocycles. The van der Waals surface area contributed by atoms with E-state index in [1.54, 1.807) is 0 Å². The van der Waals surface area contributed by atoms with Crippen LogP contribution in [0.25, 0.3) is 0 Å². The molecule has 2 atom stereocenters. The molecule has 0 radical (unpaired) electrons. The van der Waals surface area contributed by atoms with Crippen molar-refractivity contribution in [3.05, 3.63) is 0 Å². The maximum Gasteiger partial charge on any atom is 0.207 e. The molecule has 2 heteroatoms. The van der Waals surface area contributed by atoms with E-state index in [9.17, 15) is 4.79 Å². The molecule has 1 rings (SSSR count). The van der Waals surface area contributed by atoms with Crippen molar-refractivity contribution in [1.29, 1.82) is 0 Å². The first-order valence-electron chi connectivity index (χ1n) is 4.54. The highest BCUT2D eigenvalue weighted by Crippen LogP contribution is 2.22. The molecule has 0 saturated heterocycles. The largest absolute Gasteiger partial charge is 0.356 e. The number of carbonyl (C=O) groups excluding carboxylic acids is 1. The predicted octanol–water partition coefficient (Wildman–Crippen LogP) is 1.70. The zero-order chi connectivity index (χ0) is 8.10. The van der Waals surface area contributed by atoms with Crippen LogP contribution in [0.4, 0.5) is 0 Å². The lowest BCUT2D eigenvalue weighted by Gasteiger charge is -2.19. The van der Waals surface area contributed by atoms with E-state index in [1.807, 2.05) is 0 Å². The molecule has 2 unspecified atom stereocenters. The van der Waals surface area contributed by atoms with Gasteiger partial charge in [0.15, 0.2) is 0 Å². The summed E-state index contributed by atoms with van der Waals surface area (Å²) in [6.45, 7) is 2.23. The second kappa shape index (κ2) is 4.37. The molecule has 0 aromatic rings. The average Bonchev–Trinajstić information content (AvgIpc) is 2.18. The first kappa shape index (κ1) is 8.57. The maximum atomic E-state index is 10.2. The normalized spacial score (nSPS) is 32.5. The Hall–Kier alpha value is -0.530. The summed E-state index contributed by atoms with van der Waals surface area (Å²) in [5.74, 6) is 0.669. The SMILES string of the molecule is CC1CCCCCC1NC=O. The molecule has 0 aromatic carbocycles. The summed E-state index contributed by atoms with van der Waals surface area (Å²) in [7, 11) is 0. The van der Waals surface area contributed by atoms with Gasteiger partial charge in [0.1, 0.15) is 0 Å². The van der Waals surface area contributed by atoms with Crippen LogP contribution in [0.5, 0.6) is 0 Å². The lowest BCUT2D eigenvalue weighted by atomic mass is 9.97. The molecular formula is C9H17NO. The van der Waals surface area contributed by atoms with Crippen LogP contribution in [0.3, 0.4) is 0 Å². The zero-order valence-corrected chi connectivity index (χ0v) is 7.18. The summed E-state index contributed by atoms with van der Waals surface area (Å²) >= 11 is 0. The first-order valence-corrected chi connectivity index (χ1v) is 4.54. The number of amides is 1. The molecule has 0 aliphatic heterocycles. The number of carbonyl (C=O) groups is 1. The van der Waals surface area contributed by atoms with Crippen molar-refractivity contribution in [3.8, 4) is 0 Å². The second-order valence-electron chi connectivity index (χ2n) is 3.51. The van der Waals surface area contributed by atoms with E-state index in [0.717, 1.165) is 6.41 Å². The minimum absolute atomic E-state index is 0.440. The lowest BCUT2D eigenvalue weighted by molar-refractivity contribution is -0.110. The number of nitrogens with one attached hydrogen (secondary N) is 1. The highest BCUT2D eigenvalue weighted by atomic mass is 16.1. The molecule has 1 saturated carbocycles. The van der Waals surface area contributed by atoms with Crippen molar-refractivity contribution in [2.75, 3.05) is 0 Å². The van der Waals surface area contributed by atoms with Crippen LogP contribution in [0.15, 0.2) is 0 Å². The molecule has 1 fully saturated rings. The van der Waals surface area contributed by atoms with Crippen LogP contribution in [0.1, 0.15) is 39.0 Å². The molecule has 11 heavy (non-hydrogen) atoms. The van der Waals surface area contributed by atoms with Gasteiger partial charge in [0.05, 0.1) is 0 Å². The van der Waals surface area contributed by atoms with Crippen molar-refractivity contribution in [3.63, 3.8) is 0 Å². The molecule has 2 nitrogen and oxygen atoms in total. The van der Waals surface area contributed by atoms with Crippen molar-refractivity contribution < 1.29 is 4.79 Å². The van der Waals surface area contributed by atoms with Gasteiger partial charge in [0, 0.05) is 6.04 Å². The second-order valence-corrected chi connectivity index (χ2v) is 3.51. The van der Waals surface area contributed by atoms with Crippen molar-refractivity contribution in [2.24, 2.45) is 5.92 Å². The Labute approximate surface area is 68.4 Å². The monoisotopic (exact) mass is 155 g/mol. The van der Waals surface area contributed by atoms with Gasteiger partial charge in [0.25, 0.3) is 0 Å². The zero-order valence-electron chi connectivity index (χ0n) is 7.18. The fourth-order valence-electron chi connectivity index (χ4n) is 1.83. The summed E-state index contributed by atoms with van der Waals surface area (Å²) in [6, 6.07) is 0.440. The standard InChI is InChI=1S/C9H17NO/c1-8-5-3-2-4-6-9(8)10-7-11/h7-9H,2-6H2,1H3,(H,10,11). The van der Waals surface area contributed by atoms with Gasteiger partial charge >= 0.3 is 0 Å². The summed E-state index contributed by atoms with van der Waals surface area (Å²) in [4.78, 5) is 10.2. The van der Waals surface area contributed by atoms with Crippen LogP contribution >= 0.6 is 0 Å². The van der Waals surface area contributed by atoms with Gasteiger partial charge in [0.2, 0.25) is 6.41 Å². The fourth-order valence-corrected chi connectivity index (χ4v) is 1.83. The number of hydrogen-bond acceptors (Lipinski definition) is 1. The van der Waals surface area contributed by atoms with Crippen molar-refractivity contribution in [1.82, 2.24) is 5.32 Å². The third kappa shape index (κ3) is 2.52. The smallest absolute Gasteiger partial charge is 0.207 e. The molecular weight excluding hydrogens is 138 g/mol. The average molecular weight is 155 g/mol. The summed E-state index contributed by atoms with van der Waals surface area (Å²) in [5, 5.41) is 2.89. The van der Waals surface area contributed by atoms with E-state index in [1.165, 1.54) is 32.1 Å². The molecule has 1 aliphatic rings. The summed E-state index contributed by atoms with van der Waals surface area (Å²) in [6.07, 6.45) is 7.22. The molecule has 0 aromatic heterocycles. The Kier molecular flexibility index (Phi) is 3.40. The van der Waals surface area contributed by atoms with Crippen molar-refractivity contribution in [2.45, 2.75) is 45.1 Å². The summed E-state index contributed by atoms with van der Waals surface area (Å²) in [5.41, 5.74) is 0. The fraction of sp³-hybridized carbons (Fsp3) is 0.889. The maximum absolute atomic E-state index is 10.2. The van der Waals surface area contributed by atoms with Gasteiger partial charge in [-0.2, -0.15) is 0 Å². The van der Waals surface area contributed by atoms with Crippen LogP contribution in [-0.2, 0) is 4.79 Å². The Morgan fingerprint density at radius 2 is 2.00 bits per heavy atom.